The third-order valence-electron chi connectivity index (χ3n) is 7.31. The molecule has 1 heterocycles. The van der Waals surface area contributed by atoms with Crippen molar-refractivity contribution in [3.63, 3.8) is 0 Å². The summed E-state index contributed by atoms with van der Waals surface area (Å²) in [5.74, 6) is 2.01. The van der Waals surface area contributed by atoms with Gasteiger partial charge >= 0.3 is 0 Å². The van der Waals surface area contributed by atoms with Crippen LogP contribution in [0.15, 0.2) is 30.3 Å². The summed E-state index contributed by atoms with van der Waals surface area (Å²) in [7, 11) is 0. The molecule has 3 nitrogen and oxygen atoms in total. The highest BCUT2D eigenvalue weighted by Gasteiger charge is 2.61. The first-order chi connectivity index (χ1) is 11.7. The zero-order valence-corrected chi connectivity index (χ0v) is 14.5. The molecule has 5 aliphatic rings. The quantitative estimate of drug-likeness (QED) is 0.907. The topological polar surface area (TPSA) is 32.3 Å². The Kier molecular flexibility index (Phi) is 3.31. The van der Waals surface area contributed by atoms with Crippen LogP contribution < -0.4 is 5.32 Å². The second-order valence-electron chi connectivity index (χ2n) is 8.93. The molecule has 4 saturated carbocycles. The van der Waals surface area contributed by atoms with Crippen LogP contribution in [0.1, 0.15) is 44.1 Å². The molecule has 128 valence electrons. The average Bonchev–Trinajstić information content (AvgIpc) is 2.61. The van der Waals surface area contributed by atoms with Crippen LogP contribution in [0.25, 0.3) is 0 Å². The minimum Gasteiger partial charge on any atom is -0.340 e. The van der Waals surface area contributed by atoms with Gasteiger partial charge in [-0.3, -0.25) is 4.79 Å². The maximum atomic E-state index is 13.5. The molecular formula is C21H28N2O. The van der Waals surface area contributed by atoms with Crippen molar-refractivity contribution in [3.05, 3.63) is 35.9 Å². The number of piperazine rings is 1. The summed E-state index contributed by atoms with van der Waals surface area (Å²) in [6.07, 6.45) is 7.39. The Bertz CT molecular complexity index is 620. The number of amides is 1. The van der Waals surface area contributed by atoms with Crippen molar-refractivity contribution in [2.24, 2.45) is 17.3 Å². The van der Waals surface area contributed by atoms with Crippen molar-refractivity contribution in [2.75, 3.05) is 26.2 Å². The van der Waals surface area contributed by atoms with Crippen molar-refractivity contribution >= 4 is 5.91 Å². The third kappa shape index (κ3) is 2.17. The molecule has 3 heteroatoms. The molecule has 4 aliphatic carbocycles. The monoisotopic (exact) mass is 324 g/mol. The van der Waals surface area contributed by atoms with Gasteiger partial charge in [0, 0.05) is 26.2 Å². The highest BCUT2D eigenvalue weighted by Crippen LogP contribution is 2.66. The Morgan fingerprint density at radius 2 is 1.67 bits per heavy atom. The number of hydrogen-bond donors (Lipinski definition) is 1. The molecule has 1 aromatic rings. The lowest BCUT2D eigenvalue weighted by Crippen LogP contribution is -2.61. The van der Waals surface area contributed by atoms with E-state index < -0.39 is 0 Å². The Morgan fingerprint density at radius 1 is 1.00 bits per heavy atom. The van der Waals surface area contributed by atoms with E-state index in [4.69, 9.17) is 0 Å². The van der Waals surface area contributed by atoms with Gasteiger partial charge in [0.1, 0.15) is 0 Å². The SMILES string of the molecule is O=C(N1CCNCC1)C12CC3CC(C1)CC(c1ccccc1)(C3)C2. The van der Waals surface area contributed by atoms with E-state index in [9.17, 15) is 4.79 Å². The van der Waals surface area contributed by atoms with Crippen molar-refractivity contribution in [1.82, 2.24) is 10.2 Å². The molecule has 6 rings (SSSR count). The Hall–Kier alpha value is -1.35. The molecule has 1 N–H and O–H groups in total. The van der Waals surface area contributed by atoms with Crippen LogP contribution in [0.4, 0.5) is 0 Å². The predicted molar refractivity (Wildman–Crippen MR) is 94.7 cm³/mol. The second-order valence-corrected chi connectivity index (χ2v) is 8.93. The zero-order chi connectivity index (χ0) is 16.2. The first kappa shape index (κ1) is 14.9. The maximum absolute atomic E-state index is 13.5. The van der Waals surface area contributed by atoms with Gasteiger partial charge in [-0.05, 0) is 61.3 Å². The molecule has 0 radical (unpaired) electrons. The molecule has 4 bridgehead atoms. The summed E-state index contributed by atoms with van der Waals surface area (Å²) in [4.78, 5) is 15.7. The summed E-state index contributed by atoms with van der Waals surface area (Å²) >= 11 is 0. The van der Waals surface area contributed by atoms with E-state index in [0.717, 1.165) is 57.3 Å². The first-order valence-corrected chi connectivity index (χ1v) is 9.75. The lowest BCUT2D eigenvalue weighted by atomic mass is 9.42. The zero-order valence-electron chi connectivity index (χ0n) is 14.5. The summed E-state index contributed by atoms with van der Waals surface area (Å²) in [5, 5.41) is 3.38. The first-order valence-electron chi connectivity index (χ1n) is 9.75. The van der Waals surface area contributed by atoms with E-state index in [0.29, 0.717) is 5.91 Å². The molecule has 2 atom stereocenters. The van der Waals surface area contributed by atoms with Gasteiger partial charge in [-0.25, -0.2) is 0 Å². The minimum absolute atomic E-state index is 0.0583. The Labute approximate surface area is 144 Å². The maximum Gasteiger partial charge on any atom is 0.228 e. The molecule has 5 fully saturated rings. The van der Waals surface area contributed by atoms with Crippen LogP contribution in [-0.4, -0.2) is 37.0 Å². The molecule has 1 amide bonds. The van der Waals surface area contributed by atoms with Crippen molar-refractivity contribution in [3.8, 4) is 0 Å². The number of rotatable bonds is 2. The molecule has 1 aliphatic heterocycles. The Morgan fingerprint density at radius 3 is 2.33 bits per heavy atom. The highest BCUT2D eigenvalue weighted by atomic mass is 16.2. The van der Waals surface area contributed by atoms with Crippen LogP contribution in [0.3, 0.4) is 0 Å². The number of carbonyl (C=O) groups is 1. The van der Waals surface area contributed by atoms with Gasteiger partial charge in [0.05, 0.1) is 5.41 Å². The fourth-order valence-corrected chi connectivity index (χ4v) is 6.85. The standard InChI is InChI=1S/C21H28N2O/c24-19(23-8-6-22-7-9-23)21-13-16-10-17(14-21)12-20(11-16,15-21)18-4-2-1-3-5-18/h1-5,16-17,22H,6-15H2. The van der Waals surface area contributed by atoms with Crippen molar-refractivity contribution in [2.45, 2.75) is 43.9 Å². The normalized spacial score (nSPS) is 40.8. The number of nitrogens with zero attached hydrogens (tertiary/aromatic N) is 1. The molecule has 2 unspecified atom stereocenters. The molecule has 1 saturated heterocycles. The van der Waals surface area contributed by atoms with E-state index in [1.165, 1.54) is 24.8 Å². The van der Waals surface area contributed by atoms with Gasteiger partial charge in [-0.2, -0.15) is 0 Å². The number of benzene rings is 1. The lowest BCUT2D eigenvalue weighted by molar-refractivity contribution is -0.161. The van der Waals surface area contributed by atoms with Crippen LogP contribution in [0.2, 0.25) is 0 Å². The second kappa shape index (κ2) is 5.32. The van der Waals surface area contributed by atoms with E-state index in [1.54, 1.807) is 0 Å². The van der Waals surface area contributed by atoms with Gasteiger partial charge in [-0.15, -0.1) is 0 Å². The number of carbonyl (C=O) groups excluding carboxylic acids is 1. The molecule has 1 aromatic carbocycles. The number of nitrogens with one attached hydrogen (secondary N) is 1. The summed E-state index contributed by atoms with van der Waals surface area (Å²) in [5.41, 5.74) is 1.71. The molecule has 0 spiro atoms. The van der Waals surface area contributed by atoms with Crippen LogP contribution in [-0.2, 0) is 10.2 Å². The molecule has 24 heavy (non-hydrogen) atoms. The summed E-state index contributed by atoms with van der Waals surface area (Å²) in [6, 6.07) is 11.1. The largest absolute Gasteiger partial charge is 0.340 e. The lowest BCUT2D eigenvalue weighted by Gasteiger charge is -2.62. The van der Waals surface area contributed by atoms with Crippen molar-refractivity contribution in [1.29, 1.82) is 0 Å². The number of hydrogen-bond acceptors (Lipinski definition) is 2. The predicted octanol–water partition coefficient (Wildman–Crippen LogP) is 2.96. The van der Waals surface area contributed by atoms with Crippen LogP contribution >= 0.6 is 0 Å². The van der Waals surface area contributed by atoms with Crippen LogP contribution in [0.5, 0.6) is 0 Å². The summed E-state index contributed by atoms with van der Waals surface area (Å²) < 4.78 is 0. The molecular weight excluding hydrogens is 296 g/mol. The Balaban J connectivity index is 1.50. The smallest absolute Gasteiger partial charge is 0.228 e. The van der Waals surface area contributed by atoms with Gasteiger partial charge in [0.25, 0.3) is 0 Å². The van der Waals surface area contributed by atoms with Crippen LogP contribution in [0, 0.1) is 17.3 Å². The van der Waals surface area contributed by atoms with E-state index in [1.807, 2.05) is 0 Å². The van der Waals surface area contributed by atoms with E-state index >= 15 is 0 Å². The summed E-state index contributed by atoms with van der Waals surface area (Å²) in [6.45, 7) is 3.71. The van der Waals surface area contributed by atoms with Gasteiger partial charge in [0.2, 0.25) is 5.91 Å². The fraction of sp³-hybridized carbons (Fsp3) is 0.667. The van der Waals surface area contributed by atoms with Gasteiger partial charge < -0.3 is 10.2 Å². The van der Waals surface area contributed by atoms with E-state index in [-0.39, 0.29) is 10.8 Å². The van der Waals surface area contributed by atoms with Gasteiger partial charge in [0.15, 0.2) is 0 Å². The molecule has 0 aromatic heterocycles. The fourth-order valence-electron chi connectivity index (χ4n) is 6.85. The minimum atomic E-state index is -0.0583. The average molecular weight is 324 g/mol. The van der Waals surface area contributed by atoms with Gasteiger partial charge in [-0.1, -0.05) is 30.3 Å². The third-order valence-corrected chi connectivity index (χ3v) is 7.31. The van der Waals surface area contributed by atoms with Crippen molar-refractivity contribution < 1.29 is 4.79 Å². The highest BCUT2D eigenvalue weighted by molar-refractivity contribution is 5.84. The van der Waals surface area contributed by atoms with E-state index in [2.05, 4.69) is 40.5 Å².